The molecule has 5 rings (SSSR count). The van der Waals surface area contributed by atoms with Crippen LogP contribution in [-0.4, -0.2) is 40.5 Å². The number of hydrogen-bond donors (Lipinski definition) is 1. The first-order chi connectivity index (χ1) is 18.2. The Labute approximate surface area is 221 Å². The third kappa shape index (κ3) is 4.26. The average Bonchev–Trinajstić information content (AvgIpc) is 3.54. The number of halogens is 1. The van der Waals surface area contributed by atoms with E-state index in [-0.39, 0.29) is 39.6 Å². The van der Waals surface area contributed by atoms with Crippen molar-refractivity contribution in [3.63, 3.8) is 0 Å². The van der Waals surface area contributed by atoms with Crippen molar-refractivity contribution in [3.05, 3.63) is 93.8 Å². The molecule has 2 aliphatic rings. The molecule has 38 heavy (non-hydrogen) atoms. The molecule has 3 aromatic rings. The van der Waals surface area contributed by atoms with E-state index >= 15 is 4.39 Å². The molecule has 1 N–H and O–H groups in total. The number of ketones is 1. The minimum Gasteiger partial charge on any atom is -0.507 e. The summed E-state index contributed by atoms with van der Waals surface area (Å²) in [6.45, 7) is 6.97. The second-order valence-electron chi connectivity index (χ2n) is 8.94. The third-order valence-corrected chi connectivity index (χ3v) is 7.46. The monoisotopic (exact) mass is 534 g/mol. The molecule has 1 aromatic heterocycles. The number of thiazole rings is 1. The van der Waals surface area contributed by atoms with Gasteiger partial charge in [0.05, 0.1) is 11.3 Å². The zero-order chi connectivity index (χ0) is 27.1. The molecule has 0 spiro atoms. The highest BCUT2D eigenvalue weighted by molar-refractivity contribution is 7.17. The summed E-state index contributed by atoms with van der Waals surface area (Å²) < 4.78 is 25.9. The number of anilines is 1. The Morgan fingerprint density at radius 3 is 2.82 bits per heavy atom. The summed E-state index contributed by atoms with van der Waals surface area (Å²) in [6, 6.07) is 9.33. The Morgan fingerprint density at radius 2 is 2.08 bits per heavy atom. The Morgan fingerprint density at radius 1 is 1.32 bits per heavy atom. The van der Waals surface area contributed by atoms with Gasteiger partial charge in [0.25, 0.3) is 5.78 Å². The Kier molecular flexibility index (Phi) is 6.58. The molecular formula is C28H23FN2O6S. The van der Waals surface area contributed by atoms with Gasteiger partial charge in [-0.05, 0) is 43.7 Å². The number of aryl methyl sites for hydroxylation is 1. The van der Waals surface area contributed by atoms with E-state index in [0.29, 0.717) is 17.7 Å². The fourth-order valence-electron chi connectivity index (χ4n) is 4.62. The number of benzene rings is 2. The van der Waals surface area contributed by atoms with Gasteiger partial charge in [-0.25, -0.2) is 14.2 Å². The number of rotatable bonds is 6. The number of carbonyl (C=O) groups excluding carboxylic acids is 3. The third-order valence-electron chi connectivity index (χ3n) is 6.32. The first-order valence-corrected chi connectivity index (χ1v) is 12.6. The zero-order valence-electron chi connectivity index (χ0n) is 20.6. The SMILES string of the molecule is C=CCOC(=O)c1sc(N2C(=O)C(=O)/C(=C(/O)c3ccc4c(c3)C[C@@H](C)O4)[C@@H]2c2ccccc2F)nc1C. The molecule has 1 amide bonds. The molecule has 0 aliphatic carbocycles. The lowest BCUT2D eigenvalue weighted by Crippen LogP contribution is -2.29. The fraction of sp³-hybridized carbons (Fsp3) is 0.214. The van der Waals surface area contributed by atoms with Crippen molar-refractivity contribution in [2.24, 2.45) is 0 Å². The van der Waals surface area contributed by atoms with E-state index in [4.69, 9.17) is 9.47 Å². The van der Waals surface area contributed by atoms with Gasteiger partial charge in [-0.2, -0.15) is 0 Å². The molecule has 0 saturated carbocycles. The number of aliphatic hydroxyl groups excluding tert-OH is 1. The van der Waals surface area contributed by atoms with Crippen LogP contribution in [-0.2, 0) is 20.7 Å². The van der Waals surface area contributed by atoms with Crippen molar-refractivity contribution in [2.45, 2.75) is 32.4 Å². The van der Waals surface area contributed by atoms with Crippen molar-refractivity contribution in [1.29, 1.82) is 0 Å². The van der Waals surface area contributed by atoms with Crippen molar-refractivity contribution >= 4 is 39.9 Å². The normalized spacial score (nSPS) is 19.8. The van der Waals surface area contributed by atoms with Gasteiger partial charge in [0.15, 0.2) is 5.13 Å². The number of fused-ring (bicyclic) bond motifs is 1. The highest BCUT2D eigenvalue weighted by Crippen LogP contribution is 2.45. The van der Waals surface area contributed by atoms with E-state index < -0.39 is 35.3 Å². The van der Waals surface area contributed by atoms with Gasteiger partial charge < -0.3 is 14.6 Å². The van der Waals surface area contributed by atoms with Gasteiger partial charge in [0.2, 0.25) is 0 Å². The van der Waals surface area contributed by atoms with Crippen LogP contribution in [0.1, 0.15) is 45.0 Å². The van der Waals surface area contributed by atoms with E-state index in [1.165, 1.54) is 24.3 Å². The standard InChI is InChI=1S/C28H23FN2O6S/c1-4-11-36-27(35)25-15(3)30-28(38-25)31-22(18-7-5-6-8-19(18)29)21(24(33)26(31)34)23(32)16-9-10-20-17(13-16)12-14(2)37-20/h4-10,13-14,22,32H,1,11-12H2,2-3H3/b23-21+/t14-,22+/m1/s1. The number of ether oxygens (including phenoxy) is 2. The number of nitrogens with zero attached hydrogens (tertiary/aromatic N) is 2. The van der Waals surface area contributed by atoms with Gasteiger partial charge in [0.1, 0.15) is 41.0 Å². The van der Waals surface area contributed by atoms with Gasteiger partial charge in [-0.15, -0.1) is 0 Å². The van der Waals surface area contributed by atoms with Crippen LogP contribution in [0.5, 0.6) is 5.75 Å². The lowest BCUT2D eigenvalue weighted by Gasteiger charge is -2.23. The quantitative estimate of drug-likeness (QED) is 0.158. The summed E-state index contributed by atoms with van der Waals surface area (Å²) in [7, 11) is 0. The molecule has 2 aliphatic heterocycles. The summed E-state index contributed by atoms with van der Waals surface area (Å²) in [6.07, 6.45) is 1.99. The molecular weight excluding hydrogens is 511 g/mol. The van der Waals surface area contributed by atoms with Crippen molar-refractivity contribution in [3.8, 4) is 5.75 Å². The second kappa shape index (κ2) is 9.86. The molecule has 0 radical (unpaired) electrons. The van der Waals surface area contributed by atoms with Crippen molar-refractivity contribution < 1.29 is 33.4 Å². The van der Waals surface area contributed by atoms with E-state index in [1.54, 1.807) is 31.2 Å². The Bertz CT molecular complexity index is 1530. The lowest BCUT2D eigenvalue weighted by molar-refractivity contribution is -0.132. The number of carbonyl (C=O) groups is 3. The van der Waals surface area contributed by atoms with E-state index in [0.717, 1.165) is 21.8 Å². The summed E-state index contributed by atoms with van der Waals surface area (Å²) in [5, 5.41) is 11.4. The summed E-state index contributed by atoms with van der Waals surface area (Å²) in [5.41, 5.74) is 1.13. The minimum atomic E-state index is -1.32. The van der Waals surface area contributed by atoms with Gasteiger partial charge in [-0.1, -0.05) is 42.2 Å². The predicted octanol–water partition coefficient (Wildman–Crippen LogP) is 4.88. The van der Waals surface area contributed by atoms with Gasteiger partial charge in [0, 0.05) is 17.5 Å². The largest absolute Gasteiger partial charge is 0.507 e. The molecule has 194 valence electrons. The molecule has 1 saturated heterocycles. The van der Waals surface area contributed by atoms with Crippen LogP contribution in [0.4, 0.5) is 9.52 Å². The van der Waals surface area contributed by atoms with Crippen LogP contribution in [0.25, 0.3) is 5.76 Å². The first kappa shape index (κ1) is 25.3. The second-order valence-corrected chi connectivity index (χ2v) is 9.92. The summed E-state index contributed by atoms with van der Waals surface area (Å²) in [4.78, 5) is 44.7. The van der Waals surface area contributed by atoms with E-state index in [1.807, 2.05) is 6.92 Å². The fourth-order valence-corrected chi connectivity index (χ4v) is 5.61. The van der Waals surface area contributed by atoms with E-state index in [2.05, 4.69) is 11.6 Å². The number of amides is 1. The van der Waals surface area contributed by atoms with Crippen molar-refractivity contribution in [2.75, 3.05) is 11.5 Å². The maximum Gasteiger partial charge on any atom is 0.350 e. The van der Waals surface area contributed by atoms with Crippen LogP contribution in [0.3, 0.4) is 0 Å². The van der Waals surface area contributed by atoms with Gasteiger partial charge >= 0.3 is 11.9 Å². The number of Topliss-reactive ketones (excluding diaryl/α,β-unsaturated/α-hetero) is 1. The maximum atomic E-state index is 15.1. The minimum absolute atomic E-state index is 0.00126. The smallest absolute Gasteiger partial charge is 0.350 e. The Hall–Kier alpha value is -4.31. The zero-order valence-corrected chi connectivity index (χ0v) is 21.4. The van der Waals surface area contributed by atoms with Gasteiger partial charge in [-0.3, -0.25) is 14.5 Å². The predicted molar refractivity (Wildman–Crippen MR) is 139 cm³/mol. The number of aliphatic hydroxyl groups is 1. The number of esters is 1. The topological polar surface area (TPSA) is 106 Å². The molecule has 2 aromatic carbocycles. The number of aromatic nitrogens is 1. The van der Waals surface area contributed by atoms with Crippen LogP contribution in [0, 0.1) is 12.7 Å². The highest BCUT2D eigenvalue weighted by Gasteiger charge is 2.49. The Balaban J connectivity index is 1.66. The molecule has 1 fully saturated rings. The van der Waals surface area contributed by atoms with Crippen LogP contribution in [0.15, 0.2) is 60.7 Å². The molecule has 0 bridgehead atoms. The van der Waals surface area contributed by atoms with Crippen LogP contribution >= 0.6 is 11.3 Å². The summed E-state index contributed by atoms with van der Waals surface area (Å²) >= 11 is 0.841. The average molecular weight is 535 g/mol. The van der Waals surface area contributed by atoms with Crippen molar-refractivity contribution in [1.82, 2.24) is 4.98 Å². The van der Waals surface area contributed by atoms with Crippen LogP contribution < -0.4 is 9.64 Å². The molecule has 0 unspecified atom stereocenters. The number of hydrogen-bond acceptors (Lipinski definition) is 8. The lowest BCUT2D eigenvalue weighted by atomic mass is 9.94. The molecule has 2 atom stereocenters. The molecule has 3 heterocycles. The summed E-state index contributed by atoms with van der Waals surface area (Å²) in [5.74, 6) is -3.11. The van der Waals surface area contributed by atoms with E-state index in [9.17, 15) is 19.5 Å². The maximum absolute atomic E-state index is 15.1. The molecule has 10 heteroatoms. The molecule has 8 nitrogen and oxygen atoms in total. The highest BCUT2D eigenvalue weighted by atomic mass is 32.1. The van der Waals surface area contributed by atoms with Crippen LogP contribution in [0.2, 0.25) is 0 Å². The first-order valence-electron chi connectivity index (χ1n) is 11.8.